The van der Waals surface area contributed by atoms with Gasteiger partial charge in [-0.3, -0.25) is 0 Å². The van der Waals surface area contributed by atoms with Crippen LogP contribution in [0.15, 0.2) is 10.5 Å². The van der Waals surface area contributed by atoms with Gasteiger partial charge in [-0.2, -0.15) is 0 Å². The van der Waals surface area contributed by atoms with E-state index in [9.17, 15) is 0 Å². The van der Waals surface area contributed by atoms with Crippen molar-refractivity contribution in [1.29, 1.82) is 0 Å². The Morgan fingerprint density at radius 2 is 1.75 bits per heavy atom. The Bertz CT molecular complexity index is 249. The van der Waals surface area contributed by atoms with Crippen molar-refractivity contribution < 1.29 is 4.42 Å². The van der Waals surface area contributed by atoms with Gasteiger partial charge in [-0.25, -0.2) is 0 Å². The lowest BCUT2D eigenvalue weighted by atomic mass is 10.1. The third kappa shape index (κ3) is 7.39. The summed E-state index contributed by atoms with van der Waals surface area (Å²) in [5.74, 6) is 2.32. The van der Waals surface area contributed by atoms with Gasteiger partial charge >= 0.3 is 0 Å². The molecule has 0 bridgehead atoms. The molecule has 2 N–H and O–H groups in total. The number of aryl methyl sites for hydroxylation is 1. The second kappa shape index (κ2) is 13.2. The van der Waals surface area contributed by atoms with Crippen LogP contribution in [0.2, 0.25) is 0 Å². The van der Waals surface area contributed by atoms with Crippen molar-refractivity contribution in [3.8, 4) is 0 Å². The molecule has 1 aromatic rings. The van der Waals surface area contributed by atoms with Gasteiger partial charge < -0.3 is 10.2 Å². The highest BCUT2D eigenvalue weighted by atomic mass is 127. The van der Waals surface area contributed by atoms with Crippen molar-refractivity contribution in [3.63, 3.8) is 0 Å². The Labute approximate surface area is 120 Å². The van der Waals surface area contributed by atoms with Crippen LogP contribution in [0.4, 0.5) is 5.69 Å². The third-order valence-corrected chi connectivity index (χ3v) is 1.75. The largest absolute Gasteiger partial charge is 0.464 e. The Morgan fingerprint density at radius 3 is 1.94 bits per heavy atom. The minimum atomic E-state index is 0. The van der Waals surface area contributed by atoms with E-state index in [1.54, 1.807) is 0 Å². The number of hydrogen-bond acceptors (Lipinski definition) is 2. The molecular weight excluding hydrogens is 336 g/mol. The fourth-order valence-electron chi connectivity index (χ4n) is 1.03. The predicted molar refractivity (Wildman–Crippen MR) is 85.1 cm³/mol. The lowest BCUT2D eigenvalue weighted by Crippen LogP contribution is -1.85. The van der Waals surface area contributed by atoms with E-state index in [1.807, 2.05) is 31.8 Å². The van der Waals surface area contributed by atoms with E-state index in [1.165, 1.54) is 0 Å². The van der Waals surface area contributed by atoms with Crippen LogP contribution in [-0.2, 0) is 6.42 Å². The maximum absolute atomic E-state index is 5.70. The fourth-order valence-corrected chi connectivity index (χ4v) is 1.03. The average Bonchev–Trinajstić information content (AvgIpc) is 2.66. The number of alkyl halides is 1. The lowest BCUT2D eigenvalue weighted by molar-refractivity contribution is 0.452. The molecule has 1 heterocycles. The zero-order valence-corrected chi connectivity index (χ0v) is 14.1. The predicted octanol–water partition coefficient (Wildman–Crippen LogP) is 5.05. The maximum atomic E-state index is 5.70. The molecular formula is C12H25ClINO. The Morgan fingerprint density at radius 1 is 1.31 bits per heavy atom. The van der Waals surface area contributed by atoms with Crippen LogP contribution < -0.4 is 5.73 Å². The van der Waals surface area contributed by atoms with Gasteiger partial charge in [-0.05, 0) is 4.93 Å². The molecule has 0 saturated carbocycles. The summed E-state index contributed by atoms with van der Waals surface area (Å²) in [6, 6.07) is 1.92. The Hall–Kier alpha value is 0.1000. The van der Waals surface area contributed by atoms with Crippen LogP contribution >= 0.6 is 35.0 Å². The second-order valence-corrected chi connectivity index (χ2v) is 3.04. The van der Waals surface area contributed by atoms with Crippen molar-refractivity contribution in [3.05, 3.63) is 17.6 Å². The maximum Gasteiger partial charge on any atom is 0.126 e. The number of hydrogen-bond donors (Lipinski definition) is 1. The molecule has 0 atom stereocenters. The summed E-state index contributed by atoms with van der Waals surface area (Å²) in [7, 11) is 0. The van der Waals surface area contributed by atoms with E-state index in [2.05, 4.69) is 36.4 Å². The van der Waals surface area contributed by atoms with Crippen LogP contribution in [0.1, 0.15) is 52.1 Å². The molecule has 1 rings (SSSR count). The molecule has 0 amide bonds. The molecule has 0 fully saturated rings. The first-order chi connectivity index (χ1) is 7.15. The van der Waals surface area contributed by atoms with Crippen molar-refractivity contribution in [2.24, 2.45) is 0 Å². The van der Waals surface area contributed by atoms with Crippen LogP contribution in [0.3, 0.4) is 0 Å². The van der Waals surface area contributed by atoms with E-state index in [4.69, 9.17) is 10.2 Å². The summed E-state index contributed by atoms with van der Waals surface area (Å²) in [6.07, 6.45) is 0.874. The highest BCUT2D eigenvalue weighted by Crippen LogP contribution is 2.23. The molecule has 1 aromatic heterocycles. The summed E-state index contributed by atoms with van der Waals surface area (Å²) >= 11 is 2.15. The normalized spacial score (nSPS) is 8.25. The minimum absolute atomic E-state index is 0. The average molecular weight is 362 g/mol. The van der Waals surface area contributed by atoms with E-state index in [-0.39, 0.29) is 12.4 Å². The lowest BCUT2D eigenvalue weighted by Gasteiger charge is -1.96. The van der Waals surface area contributed by atoms with E-state index < -0.39 is 0 Å². The highest BCUT2D eigenvalue weighted by molar-refractivity contribution is 14.1. The molecule has 16 heavy (non-hydrogen) atoms. The van der Waals surface area contributed by atoms with Crippen LogP contribution in [-0.4, -0.2) is 4.93 Å². The quantitative estimate of drug-likeness (QED) is 0.591. The highest BCUT2D eigenvalue weighted by Gasteiger charge is 2.08. The summed E-state index contributed by atoms with van der Waals surface area (Å²) < 4.78 is 5.50. The van der Waals surface area contributed by atoms with Gasteiger partial charge in [0, 0.05) is 18.4 Å². The van der Waals surface area contributed by atoms with Gasteiger partial charge in [0.25, 0.3) is 0 Å². The summed E-state index contributed by atoms with van der Waals surface area (Å²) in [4.78, 5) is 1.97. The number of anilines is 1. The molecule has 0 aliphatic heterocycles. The minimum Gasteiger partial charge on any atom is -0.464 e. The first-order valence-electron chi connectivity index (χ1n) is 5.41. The summed E-state index contributed by atoms with van der Waals surface area (Å²) in [6.45, 7) is 10.2. The van der Waals surface area contributed by atoms with Gasteiger partial charge in [0.15, 0.2) is 0 Å². The molecule has 0 aliphatic rings. The van der Waals surface area contributed by atoms with E-state index >= 15 is 0 Å². The third-order valence-electron chi connectivity index (χ3n) is 1.75. The molecule has 4 heteroatoms. The van der Waals surface area contributed by atoms with Gasteiger partial charge in [-0.1, -0.05) is 57.2 Å². The molecule has 98 valence electrons. The first-order valence-corrected chi connectivity index (χ1v) is 7.56. The van der Waals surface area contributed by atoms with Crippen molar-refractivity contribution in [2.75, 3.05) is 10.7 Å². The molecule has 0 unspecified atom stereocenters. The molecule has 0 spiro atoms. The number of nitrogens with two attached hydrogens (primary N) is 1. The molecule has 2 nitrogen and oxygen atoms in total. The van der Waals surface area contributed by atoms with Crippen LogP contribution in [0, 0.1) is 0 Å². The number of nitrogen functional groups attached to an aromatic ring is 1. The molecule has 0 radical (unpaired) electrons. The topological polar surface area (TPSA) is 39.2 Å². The van der Waals surface area contributed by atoms with Gasteiger partial charge in [0.05, 0.1) is 5.69 Å². The van der Waals surface area contributed by atoms with Gasteiger partial charge in [0.1, 0.15) is 11.5 Å². The first kappa shape index (κ1) is 21.4. The summed E-state index contributed by atoms with van der Waals surface area (Å²) in [5, 5.41) is 0. The smallest absolute Gasteiger partial charge is 0.126 e. The SMILES string of the molecule is CC.CCc1oc(C(C)C)cc1N.CI.Cl. The van der Waals surface area contributed by atoms with Gasteiger partial charge in [0.2, 0.25) is 0 Å². The van der Waals surface area contributed by atoms with Crippen LogP contribution in [0.25, 0.3) is 0 Å². The number of furan rings is 1. The zero-order chi connectivity index (χ0) is 12.4. The van der Waals surface area contributed by atoms with E-state index in [0.29, 0.717) is 5.92 Å². The standard InChI is InChI=1S/C9H15NO.C2H6.CH3I.ClH/c1-4-8-7(10)5-9(11-8)6(2)3;2*1-2;/h5-6H,4,10H2,1-3H3;1-2H3;1H3;1H. The molecule has 0 aromatic carbocycles. The van der Waals surface area contributed by atoms with Crippen LogP contribution in [0.5, 0.6) is 0 Å². The van der Waals surface area contributed by atoms with Crippen molar-refractivity contribution in [2.45, 2.75) is 47.0 Å². The van der Waals surface area contributed by atoms with Gasteiger partial charge in [-0.15, -0.1) is 12.4 Å². The van der Waals surface area contributed by atoms with E-state index in [0.717, 1.165) is 23.6 Å². The summed E-state index contributed by atoms with van der Waals surface area (Å²) in [5.41, 5.74) is 6.48. The fraction of sp³-hybridized carbons (Fsp3) is 0.667. The number of halogens is 2. The second-order valence-electron chi connectivity index (χ2n) is 3.04. The molecule has 0 aliphatic carbocycles. The number of rotatable bonds is 2. The Balaban J connectivity index is -0.000000305. The zero-order valence-electron chi connectivity index (χ0n) is 11.1. The van der Waals surface area contributed by atoms with Crippen molar-refractivity contribution in [1.82, 2.24) is 0 Å². The molecule has 0 saturated heterocycles. The van der Waals surface area contributed by atoms with Crippen molar-refractivity contribution >= 4 is 40.7 Å². The monoisotopic (exact) mass is 361 g/mol. The Kier molecular flexibility index (Phi) is 17.6.